The van der Waals surface area contributed by atoms with Gasteiger partial charge in [-0.25, -0.2) is 4.98 Å². The molecule has 0 fully saturated rings. The number of hydrogen-bond donors (Lipinski definition) is 0. The Kier molecular flexibility index (Phi) is 3.78. The normalized spacial score (nSPS) is 13.0. The summed E-state index contributed by atoms with van der Waals surface area (Å²) in [6.45, 7) is 4.70. The van der Waals surface area contributed by atoms with Gasteiger partial charge in [0.15, 0.2) is 11.5 Å². The molecule has 1 aliphatic rings. The fourth-order valence-corrected chi connectivity index (χ4v) is 2.54. The summed E-state index contributed by atoms with van der Waals surface area (Å²) in [5, 5.41) is 10.9. The average molecular weight is 283 g/mol. The van der Waals surface area contributed by atoms with E-state index in [2.05, 4.69) is 22.9 Å². The zero-order chi connectivity index (χ0) is 14.7. The molecule has 108 valence electrons. The highest BCUT2D eigenvalue weighted by Gasteiger charge is 2.16. The highest BCUT2D eigenvalue weighted by molar-refractivity contribution is 5.94. The highest BCUT2D eigenvalue weighted by atomic mass is 16.6. The van der Waals surface area contributed by atoms with E-state index in [0.29, 0.717) is 26.2 Å². The van der Waals surface area contributed by atoms with Crippen molar-refractivity contribution in [1.82, 2.24) is 4.98 Å². The first-order valence-corrected chi connectivity index (χ1v) is 7.13. The quantitative estimate of drug-likeness (QED) is 0.863. The van der Waals surface area contributed by atoms with Crippen LogP contribution < -0.4 is 14.4 Å². The number of hydrogen-bond acceptors (Lipinski definition) is 5. The molecule has 0 amide bonds. The predicted octanol–water partition coefficient (Wildman–Crippen LogP) is 2.75. The van der Waals surface area contributed by atoms with Gasteiger partial charge in [0.25, 0.3) is 0 Å². The molecule has 0 N–H and O–H groups in total. The van der Waals surface area contributed by atoms with Crippen molar-refractivity contribution in [3.63, 3.8) is 0 Å². The molecule has 0 saturated heterocycles. The average Bonchev–Trinajstić information content (AvgIpc) is 2.53. The van der Waals surface area contributed by atoms with Crippen LogP contribution in [-0.4, -0.2) is 31.3 Å². The smallest absolute Gasteiger partial charge is 0.162 e. The first kappa shape index (κ1) is 13.5. The third kappa shape index (κ3) is 2.57. The van der Waals surface area contributed by atoms with Gasteiger partial charge in [-0.3, -0.25) is 0 Å². The molecule has 5 nitrogen and oxygen atoms in total. The maximum absolute atomic E-state index is 8.80. The van der Waals surface area contributed by atoms with E-state index in [0.717, 1.165) is 34.6 Å². The Labute approximate surface area is 123 Å². The lowest BCUT2D eigenvalue weighted by molar-refractivity contribution is 0.172. The largest absolute Gasteiger partial charge is 0.486 e. The summed E-state index contributed by atoms with van der Waals surface area (Å²) in [5.41, 5.74) is 0. The third-order valence-corrected chi connectivity index (χ3v) is 3.58. The molecule has 0 radical (unpaired) electrons. The first-order chi connectivity index (χ1) is 10.3. The summed E-state index contributed by atoms with van der Waals surface area (Å²) in [7, 11) is 0. The summed E-state index contributed by atoms with van der Waals surface area (Å²) >= 11 is 0. The summed E-state index contributed by atoms with van der Waals surface area (Å²) in [6.07, 6.45) is 2.28. The number of nitriles is 1. The maximum Gasteiger partial charge on any atom is 0.162 e. The molecule has 2 heterocycles. The van der Waals surface area contributed by atoms with E-state index in [1.165, 1.54) is 0 Å². The topological polar surface area (TPSA) is 58.4 Å². The molecule has 21 heavy (non-hydrogen) atoms. The Hall–Kier alpha value is -2.48. The lowest BCUT2D eigenvalue weighted by Gasteiger charge is -2.24. The zero-order valence-electron chi connectivity index (χ0n) is 12.0. The van der Waals surface area contributed by atoms with Crippen LogP contribution in [0.15, 0.2) is 24.4 Å². The van der Waals surface area contributed by atoms with E-state index >= 15 is 0 Å². The van der Waals surface area contributed by atoms with E-state index < -0.39 is 0 Å². The molecule has 3 rings (SSSR count). The Balaban J connectivity index is 2.08. The minimum absolute atomic E-state index is 0.483. The van der Waals surface area contributed by atoms with Gasteiger partial charge >= 0.3 is 0 Å². The van der Waals surface area contributed by atoms with Gasteiger partial charge in [-0.1, -0.05) is 0 Å². The van der Waals surface area contributed by atoms with E-state index in [1.807, 2.05) is 18.2 Å². The number of rotatable bonds is 4. The molecule has 0 bridgehead atoms. The van der Waals surface area contributed by atoms with Crippen LogP contribution in [0.25, 0.3) is 10.8 Å². The SMILES string of the molecule is CCN(CCC#N)c1nccc2cc3c(cc12)OCCO3. The van der Waals surface area contributed by atoms with Crippen LogP contribution in [-0.2, 0) is 0 Å². The van der Waals surface area contributed by atoms with Crippen molar-refractivity contribution in [2.45, 2.75) is 13.3 Å². The van der Waals surface area contributed by atoms with E-state index in [4.69, 9.17) is 14.7 Å². The zero-order valence-corrected chi connectivity index (χ0v) is 12.0. The summed E-state index contributed by atoms with van der Waals surface area (Å²) in [4.78, 5) is 6.61. The van der Waals surface area contributed by atoms with Crippen LogP contribution in [0, 0.1) is 11.3 Å². The number of fused-ring (bicyclic) bond motifs is 2. The summed E-state index contributed by atoms with van der Waals surface area (Å²) in [6, 6.07) is 8.13. The van der Waals surface area contributed by atoms with Gasteiger partial charge in [0.05, 0.1) is 12.5 Å². The lowest BCUT2D eigenvalue weighted by atomic mass is 10.1. The van der Waals surface area contributed by atoms with Crippen molar-refractivity contribution >= 4 is 16.6 Å². The lowest BCUT2D eigenvalue weighted by Crippen LogP contribution is -2.25. The highest BCUT2D eigenvalue weighted by Crippen LogP contribution is 2.37. The van der Waals surface area contributed by atoms with Gasteiger partial charge in [-0.05, 0) is 30.5 Å². The number of pyridine rings is 1. The second kappa shape index (κ2) is 5.88. The minimum atomic E-state index is 0.483. The van der Waals surface area contributed by atoms with Crippen LogP contribution in [0.2, 0.25) is 0 Å². The number of anilines is 1. The minimum Gasteiger partial charge on any atom is -0.486 e. The molecular weight excluding hydrogens is 266 g/mol. The van der Waals surface area contributed by atoms with Crippen molar-refractivity contribution in [2.24, 2.45) is 0 Å². The van der Waals surface area contributed by atoms with Crippen LogP contribution >= 0.6 is 0 Å². The van der Waals surface area contributed by atoms with Crippen LogP contribution in [0.3, 0.4) is 0 Å². The standard InChI is InChI=1S/C16H17N3O2/c1-2-19(7-3-5-17)16-13-11-15-14(20-8-9-21-15)10-12(13)4-6-18-16/h4,6,10-11H,2-3,7-9H2,1H3. The van der Waals surface area contributed by atoms with E-state index in [1.54, 1.807) is 6.20 Å². The Morgan fingerprint density at radius 3 is 2.76 bits per heavy atom. The van der Waals surface area contributed by atoms with Gasteiger partial charge < -0.3 is 14.4 Å². The summed E-state index contributed by atoms with van der Waals surface area (Å²) in [5.74, 6) is 2.44. The van der Waals surface area contributed by atoms with Crippen molar-refractivity contribution in [3.05, 3.63) is 24.4 Å². The van der Waals surface area contributed by atoms with E-state index in [9.17, 15) is 0 Å². The molecule has 2 aromatic rings. The molecule has 0 atom stereocenters. The second-order valence-electron chi connectivity index (χ2n) is 4.84. The Morgan fingerprint density at radius 2 is 2.05 bits per heavy atom. The van der Waals surface area contributed by atoms with Crippen molar-refractivity contribution in [1.29, 1.82) is 5.26 Å². The third-order valence-electron chi connectivity index (χ3n) is 3.58. The molecule has 1 aromatic carbocycles. The van der Waals surface area contributed by atoms with Crippen molar-refractivity contribution < 1.29 is 9.47 Å². The van der Waals surface area contributed by atoms with E-state index in [-0.39, 0.29) is 0 Å². The number of ether oxygens (including phenoxy) is 2. The first-order valence-electron chi connectivity index (χ1n) is 7.13. The Bertz CT molecular complexity index is 694. The molecule has 0 spiro atoms. The van der Waals surface area contributed by atoms with Gasteiger partial charge in [0.2, 0.25) is 0 Å². The number of nitrogens with zero attached hydrogens (tertiary/aromatic N) is 3. The molecule has 0 unspecified atom stereocenters. The summed E-state index contributed by atoms with van der Waals surface area (Å²) < 4.78 is 11.3. The van der Waals surface area contributed by atoms with Gasteiger partial charge in [-0.2, -0.15) is 5.26 Å². The van der Waals surface area contributed by atoms with Crippen LogP contribution in [0.5, 0.6) is 11.5 Å². The van der Waals surface area contributed by atoms with Gasteiger partial charge in [0.1, 0.15) is 19.0 Å². The van der Waals surface area contributed by atoms with Crippen LogP contribution in [0.4, 0.5) is 5.82 Å². The van der Waals surface area contributed by atoms with Crippen molar-refractivity contribution in [2.75, 3.05) is 31.2 Å². The molecule has 1 aliphatic heterocycles. The number of benzene rings is 1. The molecule has 0 aliphatic carbocycles. The molecule has 0 saturated carbocycles. The maximum atomic E-state index is 8.80. The molecule has 1 aromatic heterocycles. The number of aromatic nitrogens is 1. The molecule has 5 heteroatoms. The fraction of sp³-hybridized carbons (Fsp3) is 0.375. The van der Waals surface area contributed by atoms with Crippen LogP contribution in [0.1, 0.15) is 13.3 Å². The fourth-order valence-electron chi connectivity index (χ4n) is 2.54. The monoisotopic (exact) mass is 283 g/mol. The van der Waals surface area contributed by atoms with Crippen molar-refractivity contribution in [3.8, 4) is 17.6 Å². The Morgan fingerprint density at radius 1 is 1.29 bits per heavy atom. The molecular formula is C16H17N3O2. The van der Waals surface area contributed by atoms with Gasteiger partial charge in [-0.15, -0.1) is 0 Å². The van der Waals surface area contributed by atoms with Gasteiger partial charge in [0, 0.05) is 24.7 Å². The predicted molar refractivity (Wildman–Crippen MR) is 80.9 cm³/mol. The second-order valence-corrected chi connectivity index (χ2v) is 4.84.